The van der Waals surface area contributed by atoms with E-state index < -0.39 is 11.8 Å². The summed E-state index contributed by atoms with van der Waals surface area (Å²) in [6.45, 7) is 5.38. The molecule has 0 saturated carbocycles. The van der Waals surface area contributed by atoms with Gasteiger partial charge in [-0.05, 0) is 67.9 Å². The number of nitrogens with zero attached hydrogens (tertiary/aromatic N) is 1. The molecule has 27 heavy (non-hydrogen) atoms. The van der Waals surface area contributed by atoms with E-state index in [4.69, 9.17) is 11.6 Å². The second-order valence-corrected chi connectivity index (χ2v) is 8.31. The predicted octanol–water partition coefficient (Wildman–Crippen LogP) is 3.68. The summed E-state index contributed by atoms with van der Waals surface area (Å²) in [5, 5.41) is 8.06. The second kappa shape index (κ2) is 9.35. The molecule has 0 spiro atoms. The molecule has 1 aliphatic heterocycles. The normalized spacial score (nSPS) is 15.5. The summed E-state index contributed by atoms with van der Waals surface area (Å²) < 4.78 is 0. The number of carbonyl (C=O) groups is 2. The number of piperidine rings is 1. The molecule has 1 saturated heterocycles. The number of halogens is 1. The van der Waals surface area contributed by atoms with Crippen molar-refractivity contribution in [1.29, 1.82) is 0 Å². The van der Waals surface area contributed by atoms with Crippen molar-refractivity contribution in [3.63, 3.8) is 0 Å². The van der Waals surface area contributed by atoms with Crippen molar-refractivity contribution in [2.75, 3.05) is 25.0 Å². The third-order valence-corrected chi connectivity index (χ3v) is 6.21. The summed E-state index contributed by atoms with van der Waals surface area (Å²) in [6, 6.07) is 9.47. The largest absolute Gasteiger partial charge is 0.348 e. The van der Waals surface area contributed by atoms with Gasteiger partial charge in [-0.15, -0.1) is 11.3 Å². The molecule has 7 heteroatoms. The zero-order chi connectivity index (χ0) is 19.2. The monoisotopic (exact) mass is 405 g/mol. The lowest BCUT2D eigenvalue weighted by molar-refractivity contribution is -0.136. The van der Waals surface area contributed by atoms with Gasteiger partial charge in [-0.3, -0.25) is 14.5 Å². The van der Waals surface area contributed by atoms with Gasteiger partial charge in [-0.1, -0.05) is 23.7 Å². The number of benzene rings is 1. The van der Waals surface area contributed by atoms with Crippen LogP contribution in [0.25, 0.3) is 0 Å². The van der Waals surface area contributed by atoms with Crippen LogP contribution in [0.4, 0.5) is 5.69 Å². The van der Waals surface area contributed by atoms with E-state index in [1.807, 2.05) is 0 Å². The van der Waals surface area contributed by atoms with Crippen LogP contribution in [0.3, 0.4) is 0 Å². The summed E-state index contributed by atoms with van der Waals surface area (Å²) in [7, 11) is 0. The molecule has 0 bridgehead atoms. The van der Waals surface area contributed by atoms with E-state index in [1.165, 1.54) is 4.88 Å². The lowest BCUT2D eigenvalue weighted by atomic mass is 9.97. The SMILES string of the molecule is Cc1c(Cl)cccc1NC(=O)C(=O)NCC1CCN(Cc2cccs2)CC1. The molecule has 2 N–H and O–H groups in total. The van der Waals surface area contributed by atoms with Crippen LogP contribution in [-0.4, -0.2) is 36.3 Å². The van der Waals surface area contributed by atoms with Gasteiger partial charge in [0, 0.05) is 28.7 Å². The zero-order valence-corrected chi connectivity index (χ0v) is 16.9. The molecule has 2 heterocycles. The third kappa shape index (κ3) is 5.54. The van der Waals surface area contributed by atoms with E-state index >= 15 is 0 Å². The van der Waals surface area contributed by atoms with E-state index in [0.29, 0.717) is 23.2 Å². The van der Waals surface area contributed by atoms with Crippen LogP contribution in [0.2, 0.25) is 5.02 Å². The molecule has 0 unspecified atom stereocenters. The highest BCUT2D eigenvalue weighted by molar-refractivity contribution is 7.09. The fourth-order valence-electron chi connectivity index (χ4n) is 3.21. The maximum absolute atomic E-state index is 12.1. The molecular weight excluding hydrogens is 382 g/mol. The van der Waals surface area contributed by atoms with Crippen LogP contribution in [0.5, 0.6) is 0 Å². The fourth-order valence-corrected chi connectivity index (χ4v) is 4.13. The first-order valence-corrected chi connectivity index (χ1v) is 10.4. The Labute approximate surface area is 168 Å². The summed E-state index contributed by atoms with van der Waals surface area (Å²) >= 11 is 7.83. The average Bonchev–Trinajstić information content (AvgIpc) is 3.17. The molecule has 1 aromatic heterocycles. The standard InChI is InChI=1S/C20H24ClN3O2S/c1-14-17(21)5-2-6-18(14)23-20(26)19(25)22-12-15-7-9-24(10-8-15)13-16-4-3-11-27-16/h2-6,11,15H,7-10,12-13H2,1H3,(H,22,25)(H,23,26). The molecule has 2 aromatic rings. The summed E-state index contributed by atoms with van der Waals surface area (Å²) in [6.07, 6.45) is 2.06. The van der Waals surface area contributed by atoms with Crippen LogP contribution in [0, 0.1) is 12.8 Å². The van der Waals surface area contributed by atoms with Gasteiger partial charge in [0.05, 0.1) is 0 Å². The third-order valence-electron chi connectivity index (χ3n) is 4.94. The average molecular weight is 406 g/mol. The van der Waals surface area contributed by atoms with Gasteiger partial charge in [0.2, 0.25) is 0 Å². The van der Waals surface area contributed by atoms with E-state index in [9.17, 15) is 9.59 Å². The number of carbonyl (C=O) groups excluding carboxylic acids is 2. The molecule has 3 rings (SSSR count). The Balaban J connectivity index is 1.40. The highest BCUT2D eigenvalue weighted by Crippen LogP contribution is 2.23. The van der Waals surface area contributed by atoms with Crippen LogP contribution in [0.1, 0.15) is 23.3 Å². The zero-order valence-electron chi connectivity index (χ0n) is 15.3. The molecule has 1 aromatic carbocycles. The Kier molecular flexibility index (Phi) is 6.88. The van der Waals surface area contributed by atoms with E-state index in [0.717, 1.165) is 38.0 Å². The summed E-state index contributed by atoms with van der Waals surface area (Å²) in [5.74, 6) is -0.847. The first-order valence-electron chi connectivity index (χ1n) is 9.12. The number of anilines is 1. The van der Waals surface area contributed by atoms with Crippen LogP contribution in [-0.2, 0) is 16.1 Å². The van der Waals surface area contributed by atoms with Crippen molar-refractivity contribution in [2.45, 2.75) is 26.3 Å². The van der Waals surface area contributed by atoms with E-state index in [-0.39, 0.29) is 0 Å². The van der Waals surface area contributed by atoms with Crippen LogP contribution >= 0.6 is 22.9 Å². The molecule has 5 nitrogen and oxygen atoms in total. The van der Waals surface area contributed by atoms with Crippen molar-refractivity contribution in [2.24, 2.45) is 5.92 Å². The van der Waals surface area contributed by atoms with E-state index in [2.05, 4.69) is 33.0 Å². The molecule has 0 aliphatic carbocycles. The van der Waals surface area contributed by atoms with Crippen molar-refractivity contribution in [3.05, 3.63) is 51.2 Å². The van der Waals surface area contributed by atoms with Gasteiger partial charge in [0.15, 0.2) is 0 Å². The first-order chi connectivity index (χ1) is 13.0. The van der Waals surface area contributed by atoms with Crippen molar-refractivity contribution >= 4 is 40.4 Å². The molecule has 1 aliphatic rings. The summed E-state index contributed by atoms with van der Waals surface area (Å²) in [4.78, 5) is 28.0. The number of nitrogens with one attached hydrogen (secondary N) is 2. The highest BCUT2D eigenvalue weighted by Gasteiger charge is 2.22. The van der Waals surface area contributed by atoms with Gasteiger partial charge in [-0.2, -0.15) is 0 Å². The van der Waals surface area contributed by atoms with Gasteiger partial charge in [0.25, 0.3) is 0 Å². The van der Waals surface area contributed by atoms with Gasteiger partial charge in [-0.25, -0.2) is 0 Å². The Morgan fingerprint density at radius 1 is 1.19 bits per heavy atom. The number of amides is 2. The molecular formula is C20H24ClN3O2S. The van der Waals surface area contributed by atoms with Crippen LogP contribution < -0.4 is 10.6 Å². The number of thiophene rings is 1. The minimum atomic E-state index is -0.657. The number of hydrogen-bond donors (Lipinski definition) is 2. The van der Waals surface area contributed by atoms with Crippen molar-refractivity contribution < 1.29 is 9.59 Å². The Hall–Kier alpha value is -1.89. The summed E-state index contributed by atoms with van der Waals surface area (Å²) in [5.41, 5.74) is 1.31. The lowest BCUT2D eigenvalue weighted by Crippen LogP contribution is -2.41. The minimum Gasteiger partial charge on any atom is -0.348 e. The van der Waals surface area contributed by atoms with Crippen molar-refractivity contribution in [1.82, 2.24) is 10.2 Å². The minimum absolute atomic E-state index is 0.411. The maximum Gasteiger partial charge on any atom is 0.313 e. The number of hydrogen-bond acceptors (Lipinski definition) is 4. The maximum atomic E-state index is 12.1. The Morgan fingerprint density at radius 2 is 1.96 bits per heavy atom. The van der Waals surface area contributed by atoms with Crippen molar-refractivity contribution in [3.8, 4) is 0 Å². The molecule has 144 valence electrons. The van der Waals surface area contributed by atoms with Gasteiger partial charge < -0.3 is 10.6 Å². The number of likely N-dealkylation sites (tertiary alicyclic amines) is 1. The second-order valence-electron chi connectivity index (χ2n) is 6.88. The van der Waals surface area contributed by atoms with E-state index in [1.54, 1.807) is 36.5 Å². The topological polar surface area (TPSA) is 61.4 Å². The van der Waals surface area contributed by atoms with Gasteiger partial charge >= 0.3 is 11.8 Å². The molecule has 0 radical (unpaired) electrons. The Bertz CT molecular complexity index is 787. The fraction of sp³-hybridized carbons (Fsp3) is 0.400. The highest BCUT2D eigenvalue weighted by atomic mass is 35.5. The Morgan fingerprint density at radius 3 is 2.67 bits per heavy atom. The smallest absolute Gasteiger partial charge is 0.313 e. The predicted molar refractivity (Wildman–Crippen MR) is 110 cm³/mol. The quantitative estimate of drug-likeness (QED) is 0.746. The lowest BCUT2D eigenvalue weighted by Gasteiger charge is -2.31. The van der Waals surface area contributed by atoms with Crippen LogP contribution in [0.15, 0.2) is 35.7 Å². The molecule has 1 fully saturated rings. The molecule has 0 atom stereocenters. The van der Waals surface area contributed by atoms with Gasteiger partial charge in [0.1, 0.15) is 0 Å². The molecule has 2 amide bonds. The number of rotatable bonds is 5. The first kappa shape index (κ1) is 19.9.